The van der Waals surface area contributed by atoms with Crippen LogP contribution in [0.15, 0.2) is 0 Å². The molecule has 0 bridgehead atoms. The van der Waals surface area contributed by atoms with Crippen molar-refractivity contribution >= 4 is 0 Å². The number of methoxy groups -OCH3 is 1. The van der Waals surface area contributed by atoms with Crippen LogP contribution in [-0.2, 0) is 14.2 Å². The monoisotopic (exact) mass is 231 g/mol. The molecular weight excluding hydrogens is 206 g/mol. The fraction of sp³-hybridized carbons (Fsp3) is 1.00. The van der Waals surface area contributed by atoms with Crippen molar-refractivity contribution in [1.29, 1.82) is 0 Å². The van der Waals surface area contributed by atoms with Crippen LogP contribution < -0.4 is 5.73 Å². The predicted molar refractivity (Wildman–Crippen MR) is 63.4 cm³/mol. The van der Waals surface area contributed by atoms with Crippen LogP contribution >= 0.6 is 0 Å². The molecule has 2 unspecified atom stereocenters. The molecule has 0 spiro atoms. The molecule has 0 aliphatic heterocycles. The van der Waals surface area contributed by atoms with Crippen LogP contribution in [0.1, 0.15) is 25.7 Å². The second-order valence-corrected chi connectivity index (χ2v) is 4.29. The number of hydrogen-bond acceptors (Lipinski definition) is 4. The third-order valence-corrected chi connectivity index (χ3v) is 3.09. The summed E-state index contributed by atoms with van der Waals surface area (Å²) in [5, 5.41) is 0. The SMILES string of the molecule is COCCCOCCOC1CCCC1CN. The summed E-state index contributed by atoms with van der Waals surface area (Å²) in [6, 6.07) is 0. The Morgan fingerprint density at radius 3 is 2.75 bits per heavy atom. The number of nitrogens with two attached hydrogens (primary N) is 1. The smallest absolute Gasteiger partial charge is 0.0704 e. The van der Waals surface area contributed by atoms with Crippen LogP contribution in [0.4, 0.5) is 0 Å². The molecule has 16 heavy (non-hydrogen) atoms. The van der Waals surface area contributed by atoms with E-state index >= 15 is 0 Å². The third-order valence-electron chi connectivity index (χ3n) is 3.09. The summed E-state index contributed by atoms with van der Waals surface area (Å²) in [5.41, 5.74) is 5.68. The lowest BCUT2D eigenvalue weighted by molar-refractivity contribution is -0.0120. The topological polar surface area (TPSA) is 53.7 Å². The summed E-state index contributed by atoms with van der Waals surface area (Å²) >= 11 is 0. The summed E-state index contributed by atoms with van der Waals surface area (Å²) in [5.74, 6) is 0.563. The van der Waals surface area contributed by atoms with Gasteiger partial charge in [0.15, 0.2) is 0 Å². The Morgan fingerprint density at radius 1 is 1.12 bits per heavy atom. The van der Waals surface area contributed by atoms with Gasteiger partial charge in [-0.3, -0.25) is 0 Å². The average Bonchev–Trinajstić information content (AvgIpc) is 2.75. The molecule has 0 amide bonds. The van der Waals surface area contributed by atoms with Gasteiger partial charge in [-0.25, -0.2) is 0 Å². The summed E-state index contributed by atoms with van der Waals surface area (Å²) in [7, 11) is 1.70. The minimum atomic E-state index is 0.368. The standard InChI is InChI=1S/C12H25NO3/c1-14-6-3-7-15-8-9-16-12-5-2-4-11(12)10-13/h11-12H,2-10,13H2,1H3. The van der Waals surface area contributed by atoms with Gasteiger partial charge < -0.3 is 19.9 Å². The molecule has 4 heteroatoms. The number of ether oxygens (including phenoxy) is 3. The Labute approximate surface area is 98.4 Å². The largest absolute Gasteiger partial charge is 0.385 e. The minimum Gasteiger partial charge on any atom is -0.385 e. The van der Waals surface area contributed by atoms with Gasteiger partial charge in [-0.05, 0) is 31.7 Å². The molecule has 0 aromatic rings. The molecule has 4 nitrogen and oxygen atoms in total. The van der Waals surface area contributed by atoms with E-state index in [2.05, 4.69) is 0 Å². The second kappa shape index (κ2) is 8.93. The lowest BCUT2D eigenvalue weighted by atomic mass is 10.1. The highest BCUT2D eigenvalue weighted by molar-refractivity contribution is 4.78. The second-order valence-electron chi connectivity index (χ2n) is 4.29. The van der Waals surface area contributed by atoms with Gasteiger partial charge >= 0.3 is 0 Å². The van der Waals surface area contributed by atoms with Gasteiger partial charge in [-0.15, -0.1) is 0 Å². The van der Waals surface area contributed by atoms with Gasteiger partial charge in [0.05, 0.1) is 19.3 Å². The zero-order valence-corrected chi connectivity index (χ0v) is 10.3. The lowest BCUT2D eigenvalue weighted by Gasteiger charge is -2.18. The van der Waals surface area contributed by atoms with Gasteiger partial charge in [0.1, 0.15) is 0 Å². The molecule has 0 aromatic heterocycles. The zero-order chi connectivity index (χ0) is 11.6. The van der Waals surface area contributed by atoms with Crippen LogP contribution in [0.2, 0.25) is 0 Å². The maximum Gasteiger partial charge on any atom is 0.0704 e. The van der Waals surface area contributed by atoms with Crippen molar-refractivity contribution in [3.63, 3.8) is 0 Å². The highest BCUT2D eigenvalue weighted by Crippen LogP contribution is 2.27. The van der Waals surface area contributed by atoms with E-state index in [1.807, 2.05) is 0 Å². The van der Waals surface area contributed by atoms with E-state index in [0.717, 1.165) is 32.6 Å². The number of rotatable bonds is 9. The maximum atomic E-state index is 5.78. The highest BCUT2D eigenvalue weighted by Gasteiger charge is 2.26. The fourth-order valence-corrected chi connectivity index (χ4v) is 2.16. The van der Waals surface area contributed by atoms with Crippen LogP contribution in [0.5, 0.6) is 0 Å². The van der Waals surface area contributed by atoms with Crippen LogP contribution in [-0.4, -0.2) is 46.2 Å². The van der Waals surface area contributed by atoms with Crippen molar-refractivity contribution in [2.45, 2.75) is 31.8 Å². The fourth-order valence-electron chi connectivity index (χ4n) is 2.16. The number of hydrogen-bond donors (Lipinski definition) is 1. The Kier molecular flexibility index (Phi) is 7.76. The van der Waals surface area contributed by atoms with Crippen molar-refractivity contribution in [2.75, 3.05) is 40.1 Å². The summed E-state index contributed by atoms with van der Waals surface area (Å²) in [6.45, 7) is 3.63. The Morgan fingerprint density at radius 2 is 2.00 bits per heavy atom. The van der Waals surface area contributed by atoms with Gasteiger partial charge in [0, 0.05) is 20.3 Å². The minimum absolute atomic E-state index is 0.368. The average molecular weight is 231 g/mol. The van der Waals surface area contributed by atoms with Crippen LogP contribution in [0.25, 0.3) is 0 Å². The molecular formula is C12H25NO3. The van der Waals surface area contributed by atoms with E-state index in [4.69, 9.17) is 19.9 Å². The first-order valence-corrected chi connectivity index (χ1v) is 6.26. The molecule has 2 atom stereocenters. The molecule has 0 heterocycles. The lowest BCUT2D eigenvalue weighted by Crippen LogP contribution is -2.26. The van der Waals surface area contributed by atoms with E-state index in [9.17, 15) is 0 Å². The first kappa shape index (κ1) is 13.9. The van der Waals surface area contributed by atoms with Crippen LogP contribution in [0, 0.1) is 5.92 Å². The zero-order valence-electron chi connectivity index (χ0n) is 10.3. The molecule has 1 rings (SSSR count). The third kappa shape index (κ3) is 5.25. The molecule has 2 N–H and O–H groups in total. The molecule has 1 aliphatic carbocycles. The van der Waals surface area contributed by atoms with E-state index in [0.29, 0.717) is 25.2 Å². The van der Waals surface area contributed by atoms with Crippen molar-refractivity contribution in [2.24, 2.45) is 11.7 Å². The van der Waals surface area contributed by atoms with E-state index in [1.54, 1.807) is 7.11 Å². The Balaban J connectivity index is 1.90. The summed E-state index contributed by atoms with van der Waals surface area (Å²) in [6.07, 6.45) is 4.95. The van der Waals surface area contributed by atoms with Crippen molar-refractivity contribution in [1.82, 2.24) is 0 Å². The van der Waals surface area contributed by atoms with Crippen molar-refractivity contribution in [3.05, 3.63) is 0 Å². The van der Waals surface area contributed by atoms with Crippen LogP contribution in [0.3, 0.4) is 0 Å². The molecule has 1 aliphatic rings. The van der Waals surface area contributed by atoms with E-state index < -0.39 is 0 Å². The molecule has 1 fully saturated rings. The normalized spacial score (nSPS) is 25.1. The van der Waals surface area contributed by atoms with Gasteiger partial charge in [-0.1, -0.05) is 6.42 Å². The summed E-state index contributed by atoms with van der Waals surface area (Å²) in [4.78, 5) is 0. The molecule has 0 aromatic carbocycles. The van der Waals surface area contributed by atoms with Gasteiger partial charge in [-0.2, -0.15) is 0 Å². The quantitative estimate of drug-likeness (QED) is 0.605. The first-order chi connectivity index (χ1) is 7.88. The van der Waals surface area contributed by atoms with Crippen molar-refractivity contribution in [3.8, 4) is 0 Å². The van der Waals surface area contributed by atoms with Crippen molar-refractivity contribution < 1.29 is 14.2 Å². The molecule has 1 saturated carbocycles. The first-order valence-electron chi connectivity index (χ1n) is 6.26. The van der Waals surface area contributed by atoms with Gasteiger partial charge in [0.25, 0.3) is 0 Å². The Bertz CT molecular complexity index is 166. The summed E-state index contributed by atoms with van der Waals surface area (Å²) < 4.78 is 16.1. The molecule has 0 radical (unpaired) electrons. The van der Waals surface area contributed by atoms with E-state index in [1.165, 1.54) is 12.8 Å². The maximum absolute atomic E-state index is 5.78. The predicted octanol–water partition coefficient (Wildman–Crippen LogP) is 1.18. The molecule has 96 valence electrons. The Hall–Kier alpha value is -0.160. The molecule has 0 saturated heterocycles. The van der Waals surface area contributed by atoms with Gasteiger partial charge in [0.2, 0.25) is 0 Å². The van der Waals surface area contributed by atoms with E-state index in [-0.39, 0.29) is 0 Å². The highest BCUT2D eigenvalue weighted by atomic mass is 16.5.